The minimum Gasteiger partial charge on any atom is -0.394 e. The van der Waals surface area contributed by atoms with Gasteiger partial charge in [0.15, 0.2) is 11.5 Å². The van der Waals surface area contributed by atoms with E-state index >= 15 is 0 Å². The average Bonchev–Trinajstić information content (AvgIpc) is 2.95. The highest BCUT2D eigenvalue weighted by Gasteiger charge is 2.62. The van der Waals surface area contributed by atoms with Crippen LogP contribution in [0, 0.1) is 0 Å². The maximum Gasteiger partial charge on any atom is 0.225 e. The minimum atomic E-state index is -1.79. The van der Waals surface area contributed by atoms with Crippen LogP contribution in [0.5, 0.6) is 0 Å². The van der Waals surface area contributed by atoms with E-state index in [1.54, 1.807) is 0 Å². The van der Waals surface area contributed by atoms with Gasteiger partial charge in [-0.2, -0.15) is 0 Å². The number of imidazole rings is 1. The highest BCUT2D eigenvalue weighted by atomic mass is 32.1. The van der Waals surface area contributed by atoms with E-state index in [1.807, 2.05) is 0 Å². The molecule has 2 aromatic rings. The third-order valence-corrected chi connectivity index (χ3v) is 4.54. The highest BCUT2D eigenvalue weighted by molar-refractivity contribution is 7.81. The number of nitrogens with zero attached hydrogens (tertiary/aromatic N) is 4. The molecule has 4 atom stereocenters. The molecule has 0 amide bonds. The van der Waals surface area contributed by atoms with Crippen LogP contribution < -0.4 is 5.73 Å². The Morgan fingerprint density at radius 2 is 2.19 bits per heavy atom. The van der Waals surface area contributed by atoms with Gasteiger partial charge in [-0.05, 0) is 6.92 Å². The Bertz CT molecular complexity index is 692. The maximum atomic E-state index is 10.6. The predicted molar refractivity (Wildman–Crippen MR) is 75.3 cm³/mol. The van der Waals surface area contributed by atoms with Crippen molar-refractivity contribution in [2.45, 2.75) is 29.8 Å². The molecule has 0 saturated carbocycles. The molecule has 2 aromatic heterocycles. The summed E-state index contributed by atoms with van der Waals surface area (Å²) >= 11 is 4.38. The molecule has 1 aliphatic heterocycles. The van der Waals surface area contributed by atoms with Crippen LogP contribution in [0.4, 0.5) is 5.82 Å². The number of hydrogen-bond donors (Lipinski definition) is 5. The molecule has 0 aromatic carbocycles. The molecule has 3 heterocycles. The fourth-order valence-electron chi connectivity index (χ4n) is 2.46. The van der Waals surface area contributed by atoms with Crippen molar-refractivity contribution in [3.8, 4) is 0 Å². The van der Waals surface area contributed by atoms with Crippen molar-refractivity contribution in [1.82, 2.24) is 19.5 Å². The van der Waals surface area contributed by atoms with Gasteiger partial charge in [-0.25, -0.2) is 15.0 Å². The number of nitrogen functional groups attached to an aromatic ring is 1. The van der Waals surface area contributed by atoms with E-state index in [9.17, 15) is 15.3 Å². The van der Waals surface area contributed by atoms with Crippen molar-refractivity contribution >= 4 is 29.6 Å². The van der Waals surface area contributed by atoms with Gasteiger partial charge in [-0.15, -0.1) is 12.6 Å². The van der Waals surface area contributed by atoms with Crippen LogP contribution in [0.3, 0.4) is 0 Å². The molecule has 0 unspecified atom stereocenters. The zero-order valence-electron chi connectivity index (χ0n) is 11.1. The molecular formula is C11H15N5O4S. The molecule has 1 saturated heterocycles. The number of hydrogen-bond acceptors (Lipinski definition) is 9. The number of rotatable bonds is 2. The van der Waals surface area contributed by atoms with Gasteiger partial charge in [0.05, 0.1) is 6.61 Å². The topological polar surface area (TPSA) is 140 Å². The van der Waals surface area contributed by atoms with Crippen molar-refractivity contribution in [2.24, 2.45) is 0 Å². The van der Waals surface area contributed by atoms with Crippen molar-refractivity contribution in [1.29, 1.82) is 0 Å². The summed E-state index contributed by atoms with van der Waals surface area (Å²) in [6, 6.07) is 0. The number of fused-ring (bicyclic) bond motifs is 1. The number of nitrogens with two attached hydrogens (primary N) is 1. The quantitative estimate of drug-likeness (QED) is 0.420. The molecule has 1 aliphatic rings. The van der Waals surface area contributed by atoms with E-state index in [1.165, 1.54) is 24.1 Å². The summed E-state index contributed by atoms with van der Waals surface area (Å²) in [5.74, 6) is 0.174. The Labute approximate surface area is 124 Å². The zero-order valence-corrected chi connectivity index (χ0v) is 12.0. The Morgan fingerprint density at radius 1 is 1.48 bits per heavy atom. The van der Waals surface area contributed by atoms with E-state index in [-0.39, 0.29) is 5.82 Å². The van der Waals surface area contributed by atoms with Gasteiger partial charge in [0.25, 0.3) is 0 Å². The van der Waals surface area contributed by atoms with Crippen LogP contribution in [0.1, 0.15) is 6.92 Å². The van der Waals surface area contributed by atoms with Gasteiger partial charge in [0, 0.05) is 0 Å². The van der Waals surface area contributed by atoms with Gasteiger partial charge in [0.1, 0.15) is 36.0 Å². The number of aromatic nitrogens is 4. The fraction of sp³-hybridized carbons (Fsp3) is 0.545. The van der Waals surface area contributed by atoms with E-state index in [0.717, 1.165) is 0 Å². The van der Waals surface area contributed by atoms with Crippen molar-refractivity contribution < 1.29 is 20.1 Å². The van der Waals surface area contributed by atoms with E-state index in [2.05, 4.69) is 27.6 Å². The van der Waals surface area contributed by atoms with E-state index in [4.69, 9.17) is 10.5 Å². The maximum absolute atomic E-state index is 10.6. The minimum absolute atomic E-state index is 0.174. The fourth-order valence-corrected chi connectivity index (χ4v) is 2.88. The molecule has 9 nitrogen and oxygen atoms in total. The Morgan fingerprint density at radius 3 is 2.81 bits per heavy atom. The first-order valence-corrected chi connectivity index (χ1v) is 6.63. The summed E-state index contributed by atoms with van der Waals surface area (Å²) in [6.07, 6.45) is 0.256. The summed E-state index contributed by atoms with van der Waals surface area (Å²) in [5.41, 5.74) is 4.54. The van der Waals surface area contributed by atoms with Crippen LogP contribution in [0.15, 0.2) is 12.7 Å². The predicted octanol–water partition coefficient (Wildman–Crippen LogP) is -1.55. The van der Waals surface area contributed by atoms with Crippen molar-refractivity contribution in [3.05, 3.63) is 12.7 Å². The SMILES string of the molecule is C[C@@]1(O)[C@H](O)[C@@H](CO)O[C@@]1(S)n1cnc2c(N)ncnc21. The van der Waals surface area contributed by atoms with Crippen LogP contribution in [-0.4, -0.2) is 59.3 Å². The second kappa shape index (κ2) is 4.52. The number of thiol groups is 1. The number of anilines is 1. The molecule has 0 aliphatic carbocycles. The number of ether oxygens (including phenoxy) is 1. The molecule has 1 fully saturated rings. The normalized spacial score (nSPS) is 36.4. The Hall–Kier alpha value is -1.46. The van der Waals surface area contributed by atoms with Crippen LogP contribution in [0.25, 0.3) is 11.2 Å². The van der Waals surface area contributed by atoms with Gasteiger partial charge in [-0.3, -0.25) is 4.57 Å². The largest absolute Gasteiger partial charge is 0.394 e. The number of aliphatic hydroxyl groups excluding tert-OH is 2. The standard InChI is InChI=1S/C11H15N5O4S/c1-10(19)7(18)5(2-17)20-11(10,21)16-4-15-6-8(12)13-3-14-9(6)16/h3-5,7,17-19,21H,2H2,1H3,(H2,12,13,14)/t5-,7-,10-,11+/m1/s1. The molecule has 3 rings (SSSR count). The molecule has 0 radical (unpaired) electrons. The lowest BCUT2D eigenvalue weighted by Crippen LogP contribution is -2.52. The van der Waals surface area contributed by atoms with E-state index in [0.29, 0.717) is 11.2 Å². The monoisotopic (exact) mass is 313 g/mol. The first-order valence-electron chi connectivity index (χ1n) is 6.18. The number of aliphatic hydroxyl groups is 3. The van der Waals surface area contributed by atoms with Gasteiger partial charge >= 0.3 is 0 Å². The first kappa shape index (κ1) is 14.5. The Kier molecular flexibility index (Phi) is 3.11. The second-order valence-electron chi connectivity index (χ2n) is 5.09. The lowest BCUT2D eigenvalue weighted by atomic mass is 9.96. The summed E-state index contributed by atoms with van der Waals surface area (Å²) in [4.78, 5) is 12.0. The third kappa shape index (κ3) is 1.77. The molecule has 114 valence electrons. The van der Waals surface area contributed by atoms with Gasteiger partial charge in [0.2, 0.25) is 5.06 Å². The summed E-state index contributed by atoms with van der Waals surface area (Å²) in [5, 5.41) is 28.3. The smallest absolute Gasteiger partial charge is 0.225 e. The Balaban J connectivity index is 2.19. The lowest BCUT2D eigenvalue weighted by molar-refractivity contribution is -0.120. The third-order valence-electron chi connectivity index (χ3n) is 3.77. The van der Waals surface area contributed by atoms with Gasteiger partial charge in [-0.1, -0.05) is 0 Å². The summed E-state index contributed by atoms with van der Waals surface area (Å²) < 4.78 is 6.90. The summed E-state index contributed by atoms with van der Waals surface area (Å²) in [6.45, 7) is 0.889. The molecular weight excluding hydrogens is 298 g/mol. The lowest BCUT2D eigenvalue weighted by Gasteiger charge is -2.36. The van der Waals surface area contributed by atoms with E-state index < -0.39 is 29.5 Å². The second-order valence-corrected chi connectivity index (χ2v) is 5.69. The molecule has 10 heteroatoms. The molecule has 21 heavy (non-hydrogen) atoms. The van der Waals surface area contributed by atoms with Crippen molar-refractivity contribution in [3.63, 3.8) is 0 Å². The molecule has 5 N–H and O–H groups in total. The van der Waals surface area contributed by atoms with Gasteiger partial charge < -0.3 is 25.8 Å². The zero-order chi connectivity index (χ0) is 15.4. The van der Waals surface area contributed by atoms with Crippen LogP contribution in [-0.2, 0) is 9.79 Å². The van der Waals surface area contributed by atoms with Crippen molar-refractivity contribution in [2.75, 3.05) is 12.3 Å². The molecule has 0 bridgehead atoms. The first-order chi connectivity index (χ1) is 9.83. The summed E-state index contributed by atoms with van der Waals surface area (Å²) in [7, 11) is 0. The average molecular weight is 313 g/mol. The molecule has 0 spiro atoms. The highest BCUT2D eigenvalue weighted by Crippen LogP contribution is 2.47. The van der Waals surface area contributed by atoms with Crippen LogP contribution in [0.2, 0.25) is 0 Å². The van der Waals surface area contributed by atoms with Crippen LogP contribution >= 0.6 is 12.6 Å².